The molecule has 0 saturated carbocycles. The van der Waals surface area contributed by atoms with Gasteiger partial charge in [-0.05, 0) is 58.1 Å². The number of aliphatic hydroxyl groups excluding tert-OH is 1. The van der Waals surface area contributed by atoms with Gasteiger partial charge in [-0.1, -0.05) is 54.6 Å². The summed E-state index contributed by atoms with van der Waals surface area (Å²) in [5.41, 5.74) is 4.67. The number of carbonyl (C=O) groups excluding carboxylic acids is 1. The summed E-state index contributed by atoms with van der Waals surface area (Å²) in [4.78, 5) is 16.9. The molecule has 1 heterocycles. The van der Waals surface area contributed by atoms with E-state index in [1.54, 1.807) is 6.20 Å². The first-order chi connectivity index (χ1) is 14.2. The van der Waals surface area contributed by atoms with Gasteiger partial charge in [0.15, 0.2) is 0 Å². The Kier molecular flexibility index (Phi) is 5.36. The maximum atomic E-state index is 12.8. The average Bonchev–Trinajstić information content (AvgIpc) is 2.77. The molecule has 29 heavy (non-hydrogen) atoms. The van der Waals surface area contributed by atoms with Crippen LogP contribution in [0.25, 0.3) is 21.9 Å². The molecular weight excluding hydrogens is 360 g/mol. The third-order valence-electron chi connectivity index (χ3n) is 5.17. The number of nitrogens with zero attached hydrogens (tertiary/aromatic N) is 1. The molecule has 1 aromatic heterocycles. The highest BCUT2D eigenvalue weighted by molar-refractivity contribution is 5.95. The largest absolute Gasteiger partial charge is 0.394 e. The Morgan fingerprint density at radius 2 is 1.76 bits per heavy atom. The molecule has 0 aliphatic rings. The molecule has 1 unspecified atom stereocenters. The van der Waals surface area contributed by atoms with E-state index < -0.39 is 6.04 Å². The summed E-state index contributed by atoms with van der Waals surface area (Å²) >= 11 is 0. The molecule has 144 valence electrons. The van der Waals surface area contributed by atoms with Crippen LogP contribution < -0.4 is 5.32 Å². The average molecular weight is 382 g/mol. The smallest absolute Gasteiger partial charge is 0.251 e. The zero-order valence-corrected chi connectivity index (χ0v) is 16.2. The second-order valence-electron chi connectivity index (χ2n) is 7.04. The Morgan fingerprint density at radius 1 is 1.00 bits per heavy atom. The molecule has 0 aliphatic heterocycles. The van der Waals surface area contributed by atoms with Crippen molar-refractivity contribution in [2.75, 3.05) is 6.61 Å². The fourth-order valence-corrected chi connectivity index (χ4v) is 3.62. The van der Waals surface area contributed by atoms with Crippen molar-refractivity contribution in [2.45, 2.75) is 13.0 Å². The van der Waals surface area contributed by atoms with Gasteiger partial charge >= 0.3 is 0 Å². The zero-order chi connectivity index (χ0) is 20.2. The molecule has 0 spiro atoms. The predicted octanol–water partition coefficient (Wildman–Crippen LogP) is 4.67. The van der Waals surface area contributed by atoms with Crippen LogP contribution >= 0.6 is 0 Å². The van der Waals surface area contributed by atoms with Crippen molar-refractivity contribution in [1.82, 2.24) is 10.3 Å². The summed E-state index contributed by atoms with van der Waals surface area (Å²) in [5.74, 6) is -0.213. The number of hydrogen-bond acceptors (Lipinski definition) is 3. The number of pyridine rings is 1. The lowest BCUT2D eigenvalue weighted by Crippen LogP contribution is -2.30. The number of benzene rings is 3. The monoisotopic (exact) mass is 382 g/mol. The van der Waals surface area contributed by atoms with E-state index in [2.05, 4.69) is 10.3 Å². The minimum absolute atomic E-state index is 0.173. The number of aryl methyl sites for hydroxylation is 1. The molecule has 2 N–H and O–H groups in total. The zero-order valence-electron chi connectivity index (χ0n) is 16.2. The first-order valence-electron chi connectivity index (χ1n) is 9.58. The summed E-state index contributed by atoms with van der Waals surface area (Å²) in [7, 11) is 0. The maximum absolute atomic E-state index is 12.8. The molecule has 0 fully saturated rings. The third-order valence-corrected chi connectivity index (χ3v) is 5.17. The topological polar surface area (TPSA) is 62.2 Å². The Bertz CT molecular complexity index is 1150. The summed E-state index contributed by atoms with van der Waals surface area (Å²) in [6.07, 6.45) is 3.59. The van der Waals surface area contributed by atoms with Crippen LogP contribution in [0.15, 0.2) is 85.2 Å². The van der Waals surface area contributed by atoms with E-state index in [1.165, 1.54) is 0 Å². The van der Waals surface area contributed by atoms with Crippen molar-refractivity contribution >= 4 is 16.7 Å². The number of aliphatic hydroxyl groups is 1. The van der Waals surface area contributed by atoms with E-state index in [0.717, 1.165) is 33.0 Å². The Balaban J connectivity index is 1.57. The van der Waals surface area contributed by atoms with Crippen molar-refractivity contribution in [2.24, 2.45) is 0 Å². The van der Waals surface area contributed by atoms with E-state index in [4.69, 9.17) is 0 Å². The van der Waals surface area contributed by atoms with Crippen molar-refractivity contribution in [3.8, 4) is 11.1 Å². The van der Waals surface area contributed by atoms with Gasteiger partial charge < -0.3 is 10.4 Å². The quantitative estimate of drug-likeness (QED) is 0.527. The Labute approximate surface area is 169 Å². The first kappa shape index (κ1) is 18.8. The molecule has 4 rings (SSSR count). The fourth-order valence-electron chi connectivity index (χ4n) is 3.62. The van der Waals surface area contributed by atoms with Crippen LogP contribution in [0.1, 0.15) is 27.5 Å². The van der Waals surface area contributed by atoms with Crippen molar-refractivity contribution in [1.29, 1.82) is 0 Å². The van der Waals surface area contributed by atoms with Gasteiger partial charge in [-0.2, -0.15) is 0 Å². The number of aromatic nitrogens is 1. The van der Waals surface area contributed by atoms with Gasteiger partial charge in [-0.15, -0.1) is 0 Å². The van der Waals surface area contributed by atoms with E-state index in [1.807, 2.05) is 85.9 Å². The second kappa shape index (κ2) is 8.25. The van der Waals surface area contributed by atoms with Crippen LogP contribution in [0.2, 0.25) is 0 Å². The lowest BCUT2D eigenvalue weighted by atomic mass is 9.98. The van der Waals surface area contributed by atoms with Gasteiger partial charge in [0, 0.05) is 18.0 Å². The Morgan fingerprint density at radius 3 is 2.52 bits per heavy atom. The van der Waals surface area contributed by atoms with Crippen LogP contribution in [-0.2, 0) is 0 Å². The van der Waals surface area contributed by atoms with Crippen LogP contribution in [0.3, 0.4) is 0 Å². The molecule has 0 radical (unpaired) electrons. The summed E-state index contributed by atoms with van der Waals surface area (Å²) in [5, 5.41) is 15.0. The van der Waals surface area contributed by atoms with Crippen molar-refractivity contribution in [3.05, 3.63) is 102 Å². The molecule has 0 aliphatic carbocycles. The van der Waals surface area contributed by atoms with E-state index in [0.29, 0.717) is 5.56 Å². The molecule has 3 aromatic carbocycles. The van der Waals surface area contributed by atoms with Crippen molar-refractivity contribution < 1.29 is 9.90 Å². The fraction of sp³-hybridized carbons (Fsp3) is 0.120. The normalized spacial score (nSPS) is 11.9. The van der Waals surface area contributed by atoms with E-state index in [-0.39, 0.29) is 12.5 Å². The minimum Gasteiger partial charge on any atom is -0.394 e. The number of fused-ring (bicyclic) bond motifs is 1. The molecule has 4 heteroatoms. The number of rotatable bonds is 5. The number of amides is 1. The van der Waals surface area contributed by atoms with Crippen molar-refractivity contribution in [3.63, 3.8) is 0 Å². The number of hydrogen-bond donors (Lipinski definition) is 2. The standard InChI is InChI=1S/C25H22N2O2/c1-17-15-26-14-13-21(17)19-9-11-20(12-10-19)25(29)27-24(16-28)23-8-4-6-18-5-2-3-7-22(18)23/h2-15,24,28H,16H2,1H3,(H,27,29). The van der Waals surface area contributed by atoms with E-state index >= 15 is 0 Å². The lowest BCUT2D eigenvalue weighted by Gasteiger charge is -2.19. The first-order valence-corrected chi connectivity index (χ1v) is 9.58. The van der Waals surface area contributed by atoms with Crippen LogP contribution in [0.5, 0.6) is 0 Å². The molecule has 1 amide bonds. The molecule has 1 atom stereocenters. The highest BCUT2D eigenvalue weighted by atomic mass is 16.3. The molecule has 0 saturated heterocycles. The molecule has 4 nitrogen and oxygen atoms in total. The second-order valence-corrected chi connectivity index (χ2v) is 7.04. The molecule has 0 bridgehead atoms. The van der Waals surface area contributed by atoms with Crippen LogP contribution in [0, 0.1) is 6.92 Å². The lowest BCUT2D eigenvalue weighted by molar-refractivity contribution is 0.0916. The van der Waals surface area contributed by atoms with Gasteiger partial charge in [-0.3, -0.25) is 9.78 Å². The predicted molar refractivity (Wildman–Crippen MR) is 116 cm³/mol. The molecule has 4 aromatic rings. The SMILES string of the molecule is Cc1cnccc1-c1ccc(C(=O)NC(CO)c2cccc3ccccc23)cc1. The highest BCUT2D eigenvalue weighted by Crippen LogP contribution is 2.25. The van der Waals surface area contributed by atoms with Gasteiger partial charge in [0.25, 0.3) is 5.91 Å². The van der Waals surface area contributed by atoms with Gasteiger partial charge in [0.2, 0.25) is 0 Å². The van der Waals surface area contributed by atoms with Crippen LogP contribution in [0.4, 0.5) is 0 Å². The number of carbonyl (C=O) groups is 1. The summed E-state index contributed by atoms with van der Waals surface area (Å²) in [6, 6.07) is 22.8. The Hall–Kier alpha value is -3.50. The minimum atomic E-state index is -0.476. The highest BCUT2D eigenvalue weighted by Gasteiger charge is 2.17. The van der Waals surface area contributed by atoms with Crippen LogP contribution in [-0.4, -0.2) is 22.6 Å². The maximum Gasteiger partial charge on any atom is 0.251 e. The third kappa shape index (κ3) is 3.89. The summed E-state index contributed by atoms with van der Waals surface area (Å²) in [6.45, 7) is 1.84. The van der Waals surface area contributed by atoms with Gasteiger partial charge in [0.1, 0.15) is 0 Å². The molecular formula is C25H22N2O2. The summed E-state index contributed by atoms with van der Waals surface area (Å²) < 4.78 is 0. The van der Waals surface area contributed by atoms with E-state index in [9.17, 15) is 9.90 Å². The van der Waals surface area contributed by atoms with Gasteiger partial charge in [-0.25, -0.2) is 0 Å². The van der Waals surface area contributed by atoms with Gasteiger partial charge in [0.05, 0.1) is 12.6 Å². The number of nitrogens with one attached hydrogen (secondary N) is 1.